The number of nitrogens with zero attached hydrogens (tertiary/aromatic N) is 2. The van der Waals surface area contributed by atoms with Gasteiger partial charge < -0.3 is 5.11 Å². The van der Waals surface area contributed by atoms with Crippen LogP contribution in [0.4, 0.5) is 0 Å². The first kappa shape index (κ1) is 11.4. The van der Waals surface area contributed by atoms with Crippen LogP contribution in [0.25, 0.3) is 0 Å². The Morgan fingerprint density at radius 1 is 1.43 bits per heavy atom. The minimum absolute atomic E-state index is 0.0357. The Labute approximate surface area is 95.4 Å². The summed E-state index contributed by atoms with van der Waals surface area (Å²) in [5.74, 6) is -1.22. The Hall–Kier alpha value is -0.710. The zero-order valence-electron chi connectivity index (χ0n) is 6.63. The molecule has 14 heavy (non-hydrogen) atoms. The van der Waals surface area contributed by atoms with E-state index in [-0.39, 0.29) is 15.6 Å². The average molecular weight is 249 g/mol. The van der Waals surface area contributed by atoms with Gasteiger partial charge in [-0.25, -0.2) is 0 Å². The summed E-state index contributed by atoms with van der Waals surface area (Å²) < 4.78 is 0. The zero-order chi connectivity index (χ0) is 10.9. The lowest BCUT2D eigenvalue weighted by Gasteiger charge is -2.28. The van der Waals surface area contributed by atoms with Crippen LogP contribution < -0.4 is 0 Å². The number of nitriles is 2. The van der Waals surface area contributed by atoms with Gasteiger partial charge >= 0.3 is 0 Å². The maximum absolute atomic E-state index is 9.60. The minimum atomic E-state index is -2.05. The van der Waals surface area contributed by atoms with Gasteiger partial charge in [-0.2, -0.15) is 10.5 Å². The number of aliphatic hydroxyl groups is 1. The maximum Gasteiger partial charge on any atom is 0.196 e. The number of allylic oxidation sites excluding steroid dienone is 2. The number of hydrogen-bond donors (Lipinski definition) is 1. The summed E-state index contributed by atoms with van der Waals surface area (Å²) in [6, 6.07) is 3.44. The molecule has 3 nitrogen and oxygen atoms in total. The number of halogens is 3. The minimum Gasteiger partial charge on any atom is -0.369 e. The Morgan fingerprint density at radius 3 is 2.43 bits per heavy atom. The monoisotopic (exact) mass is 248 g/mol. The maximum atomic E-state index is 9.60. The first-order valence-corrected chi connectivity index (χ1v) is 4.57. The highest BCUT2D eigenvalue weighted by molar-refractivity contribution is 6.41. The van der Waals surface area contributed by atoms with Gasteiger partial charge in [0, 0.05) is 0 Å². The molecule has 6 heteroatoms. The van der Waals surface area contributed by atoms with E-state index in [0.29, 0.717) is 0 Å². The van der Waals surface area contributed by atoms with Crippen LogP contribution in [-0.2, 0) is 0 Å². The third kappa shape index (κ3) is 1.61. The molecule has 0 heterocycles. The molecule has 1 aliphatic rings. The van der Waals surface area contributed by atoms with E-state index in [1.165, 1.54) is 0 Å². The smallest absolute Gasteiger partial charge is 0.196 e. The summed E-state index contributed by atoms with van der Waals surface area (Å²) in [6.45, 7) is 0. The third-order valence-corrected chi connectivity index (χ3v) is 3.09. The van der Waals surface area contributed by atoms with Gasteiger partial charge in [-0.3, -0.25) is 0 Å². The number of alkyl halides is 1. The highest BCUT2D eigenvalue weighted by Gasteiger charge is 2.44. The summed E-state index contributed by atoms with van der Waals surface area (Å²) in [5, 5.41) is 24.6. The third-order valence-electron chi connectivity index (χ3n) is 1.75. The SMILES string of the molecule is N#CC1=C(Cl)C(C#N)C(O)(Cl)C(Cl)=C1. The highest BCUT2D eigenvalue weighted by Crippen LogP contribution is 2.43. The second kappa shape index (κ2) is 3.81. The highest BCUT2D eigenvalue weighted by atomic mass is 35.5. The van der Waals surface area contributed by atoms with Crippen molar-refractivity contribution in [3.05, 3.63) is 21.7 Å². The van der Waals surface area contributed by atoms with Crippen molar-refractivity contribution in [1.82, 2.24) is 0 Å². The van der Waals surface area contributed by atoms with Crippen molar-refractivity contribution in [2.75, 3.05) is 0 Å². The van der Waals surface area contributed by atoms with Gasteiger partial charge in [0.2, 0.25) is 0 Å². The molecule has 2 unspecified atom stereocenters. The Morgan fingerprint density at radius 2 is 2.00 bits per heavy atom. The summed E-state index contributed by atoms with van der Waals surface area (Å²) in [6.07, 6.45) is 1.14. The second-order valence-electron chi connectivity index (χ2n) is 2.60. The van der Waals surface area contributed by atoms with Crippen LogP contribution in [0.15, 0.2) is 21.7 Å². The van der Waals surface area contributed by atoms with E-state index in [0.717, 1.165) is 6.08 Å². The van der Waals surface area contributed by atoms with Crippen molar-refractivity contribution in [3.8, 4) is 12.1 Å². The first-order chi connectivity index (χ1) is 6.45. The topological polar surface area (TPSA) is 67.8 Å². The number of hydrogen-bond acceptors (Lipinski definition) is 3. The van der Waals surface area contributed by atoms with E-state index < -0.39 is 11.0 Å². The molecular formula is C8H3Cl3N2O. The molecule has 0 aliphatic heterocycles. The van der Waals surface area contributed by atoms with Gasteiger partial charge in [0.15, 0.2) is 5.06 Å². The molecule has 0 aromatic carbocycles. The molecule has 0 saturated carbocycles. The molecule has 2 atom stereocenters. The fourth-order valence-electron chi connectivity index (χ4n) is 0.986. The van der Waals surface area contributed by atoms with Crippen molar-refractivity contribution in [1.29, 1.82) is 10.5 Å². The second-order valence-corrected chi connectivity index (χ2v) is 3.99. The van der Waals surface area contributed by atoms with Crippen molar-refractivity contribution in [2.45, 2.75) is 5.06 Å². The van der Waals surface area contributed by atoms with Gasteiger partial charge in [-0.05, 0) is 6.08 Å². The molecule has 0 bridgehead atoms. The van der Waals surface area contributed by atoms with Crippen LogP contribution >= 0.6 is 34.8 Å². The lowest BCUT2D eigenvalue weighted by molar-refractivity contribution is 0.147. The zero-order valence-corrected chi connectivity index (χ0v) is 8.90. The summed E-state index contributed by atoms with van der Waals surface area (Å²) in [5.41, 5.74) is 0.0357. The van der Waals surface area contributed by atoms with Crippen LogP contribution in [0.1, 0.15) is 0 Å². The van der Waals surface area contributed by atoms with E-state index in [2.05, 4.69) is 0 Å². The van der Waals surface area contributed by atoms with Crippen molar-refractivity contribution < 1.29 is 5.11 Å². The fourth-order valence-corrected chi connectivity index (χ4v) is 1.78. The number of rotatable bonds is 0. The lowest BCUT2D eigenvalue weighted by Crippen LogP contribution is -2.34. The summed E-state index contributed by atoms with van der Waals surface area (Å²) in [4.78, 5) is 0. The quantitative estimate of drug-likeness (QED) is 0.669. The van der Waals surface area contributed by atoms with Crippen LogP contribution in [0.2, 0.25) is 0 Å². The lowest BCUT2D eigenvalue weighted by atomic mass is 9.94. The summed E-state index contributed by atoms with van der Waals surface area (Å²) >= 11 is 16.9. The molecule has 0 fully saturated rings. The van der Waals surface area contributed by atoms with Crippen molar-refractivity contribution in [3.63, 3.8) is 0 Å². The molecule has 1 aliphatic carbocycles. The van der Waals surface area contributed by atoms with Crippen molar-refractivity contribution >= 4 is 34.8 Å². The standard InChI is InChI=1S/C8H3Cl3N2O/c9-6-1-4(2-12)7(10)5(3-13)8(6,11)14/h1,5,14H. The summed E-state index contributed by atoms with van der Waals surface area (Å²) in [7, 11) is 0. The van der Waals surface area contributed by atoms with E-state index in [1.807, 2.05) is 0 Å². The van der Waals surface area contributed by atoms with Crippen molar-refractivity contribution in [2.24, 2.45) is 5.92 Å². The van der Waals surface area contributed by atoms with Gasteiger partial charge in [-0.1, -0.05) is 34.8 Å². The van der Waals surface area contributed by atoms with Gasteiger partial charge in [0.25, 0.3) is 0 Å². The molecule has 0 aromatic rings. The Bertz CT molecular complexity index is 411. The molecule has 0 spiro atoms. The van der Waals surface area contributed by atoms with Gasteiger partial charge in [0.05, 0.1) is 21.7 Å². The molecule has 0 radical (unpaired) electrons. The van der Waals surface area contributed by atoms with Crippen LogP contribution in [-0.4, -0.2) is 10.2 Å². The van der Waals surface area contributed by atoms with Crippen LogP contribution in [0, 0.1) is 28.6 Å². The largest absolute Gasteiger partial charge is 0.369 e. The molecule has 0 amide bonds. The van der Waals surface area contributed by atoms with Crippen LogP contribution in [0.3, 0.4) is 0 Å². The van der Waals surface area contributed by atoms with E-state index >= 15 is 0 Å². The van der Waals surface area contributed by atoms with Crippen LogP contribution in [0.5, 0.6) is 0 Å². The Balaban J connectivity index is 3.35. The predicted molar refractivity (Wildman–Crippen MR) is 52.3 cm³/mol. The van der Waals surface area contributed by atoms with Gasteiger partial charge in [-0.15, -0.1) is 0 Å². The van der Waals surface area contributed by atoms with Gasteiger partial charge in [0.1, 0.15) is 12.0 Å². The first-order valence-electron chi connectivity index (χ1n) is 3.43. The average Bonchev–Trinajstić information content (AvgIpc) is 2.12. The molecular weight excluding hydrogens is 246 g/mol. The fraction of sp³-hybridized carbons (Fsp3) is 0.250. The molecule has 0 aromatic heterocycles. The molecule has 0 saturated heterocycles. The predicted octanol–water partition coefficient (Wildman–Crippen LogP) is 2.21. The van der Waals surface area contributed by atoms with E-state index in [9.17, 15) is 5.11 Å². The normalized spacial score (nSPS) is 31.9. The molecule has 72 valence electrons. The Kier molecular flexibility index (Phi) is 3.09. The molecule has 1 rings (SSSR count). The van der Waals surface area contributed by atoms with E-state index in [1.54, 1.807) is 12.1 Å². The molecule has 1 N–H and O–H groups in total. The van der Waals surface area contributed by atoms with E-state index in [4.69, 9.17) is 45.3 Å².